The maximum absolute atomic E-state index is 11.6. The van der Waals surface area contributed by atoms with Gasteiger partial charge in [0.2, 0.25) is 5.91 Å². The zero-order valence-corrected chi connectivity index (χ0v) is 16.5. The number of thioether (sulfide) groups is 1. The summed E-state index contributed by atoms with van der Waals surface area (Å²) in [7, 11) is 0. The Kier molecular flexibility index (Phi) is 10.1. The molecule has 0 radical (unpaired) electrons. The van der Waals surface area contributed by atoms with Gasteiger partial charge in [-0.15, -0.1) is 35.7 Å². The SMILES string of the molecule is CCNC(=NCC(=O)NC1CC1)NCCSc1ccccc1.I. The first-order chi connectivity index (χ1) is 10.8. The van der Waals surface area contributed by atoms with Crippen molar-refractivity contribution in [2.75, 3.05) is 25.4 Å². The molecule has 5 nitrogen and oxygen atoms in total. The summed E-state index contributed by atoms with van der Waals surface area (Å²) in [5.41, 5.74) is 0. The molecule has 0 aromatic heterocycles. The summed E-state index contributed by atoms with van der Waals surface area (Å²) in [6.45, 7) is 3.77. The van der Waals surface area contributed by atoms with Gasteiger partial charge in [-0.3, -0.25) is 4.79 Å². The normalized spacial score (nSPS) is 13.9. The second kappa shape index (κ2) is 11.6. The molecule has 1 amide bonds. The van der Waals surface area contributed by atoms with Gasteiger partial charge in [-0.1, -0.05) is 18.2 Å². The number of hydrogen-bond acceptors (Lipinski definition) is 3. The summed E-state index contributed by atoms with van der Waals surface area (Å²) in [6.07, 6.45) is 2.20. The molecule has 1 aliphatic carbocycles. The zero-order valence-electron chi connectivity index (χ0n) is 13.4. The van der Waals surface area contributed by atoms with E-state index in [1.54, 1.807) is 11.8 Å². The van der Waals surface area contributed by atoms with Crippen molar-refractivity contribution < 1.29 is 4.79 Å². The van der Waals surface area contributed by atoms with Crippen LogP contribution in [-0.2, 0) is 4.79 Å². The molecule has 0 unspecified atom stereocenters. The lowest BCUT2D eigenvalue weighted by Gasteiger charge is -2.11. The van der Waals surface area contributed by atoms with Gasteiger partial charge in [0.25, 0.3) is 0 Å². The van der Waals surface area contributed by atoms with Crippen molar-refractivity contribution in [1.82, 2.24) is 16.0 Å². The number of nitrogens with one attached hydrogen (secondary N) is 3. The monoisotopic (exact) mass is 448 g/mol. The van der Waals surface area contributed by atoms with Gasteiger partial charge in [0.05, 0.1) is 0 Å². The van der Waals surface area contributed by atoms with Crippen LogP contribution < -0.4 is 16.0 Å². The molecule has 128 valence electrons. The first kappa shape index (κ1) is 20.1. The third-order valence-electron chi connectivity index (χ3n) is 3.07. The van der Waals surface area contributed by atoms with Gasteiger partial charge >= 0.3 is 0 Å². The van der Waals surface area contributed by atoms with Crippen molar-refractivity contribution in [2.24, 2.45) is 4.99 Å². The molecule has 3 N–H and O–H groups in total. The van der Waals surface area contributed by atoms with Gasteiger partial charge in [-0.2, -0.15) is 0 Å². The number of hydrogen-bond donors (Lipinski definition) is 3. The fourth-order valence-electron chi connectivity index (χ4n) is 1.85. The van der Waals surface area contributed by atoms with E-state index >= 15 is 0 Å². The Morgan fingerprint density at radius 2 is 2.00 bits per heavy atom. The molecule has 0 aliphatic heterocycles. The van der Waals surface area contributed by atoms with Gasteiger partial charge in [0.1, 0.15) is 6.54 Å². The fourth-order valence-corrected chi connectivity index (χ4v) is 2.64. The van der Waals surface area contributed by atoms with E-state index in [0.717, 1.165) is 31.7 Å². The number of benzene rings is 1. The van der Waals surface area contributed by atoms with Crippen molar-refractivity contribution in [2.45, 2.75) is 30.7 Å². The summed E-state index contributed by atoms with van der Waals surface area (Å²) in [4.78, 5) is 17.2. The molecule has 7 heteroatoms. The van der Waals surface area contributed by atoms with E-state index < -0.39 is 0 Å². The Bertz CT molecular complexity index is 494. The maximum Gasteiger partial charge on any atom is 0.242 e. The van der Waals surface area contributed by atoms with Crippen molar-refractivity contribution in [1.29, 1.82) is 0 Å². The molecule has 1 aromatic rings. The van der Waals surface area contributed by atoms with Crippen LogP contribution >= 0.6 is 35.7 Å². The summed E-state index contributed by atoms with van der Waals surface area (Å²) in [5.74, 6) is 1.64. The molecule has 23 heavy (non-hydrogen) atoms. The number of carbonyl (C=O) groups excluding carboxylic acids is 1. The van der Waals surface area contributed by atoms with E-state index in [0.29, 0.717) is 12.0 Å². The van der Waals surface area contributed by atoms with Gasteiger partial charge in [-0.25, -0.2) is 4.99 Å². The van der Waals surface area contributed by atoms with E-state index in [-0.39, 0.29) is 36.4 Å². The predicted octanol–water partition coefficient (Wildman–Crippen LogP) is 2.23. The minimum Gasteiger partial charge on any atom is -0.357 e. The Morgan fingerprint density at radius 1 is 1.26 bits per heavy atom. The highest BCUT2D eigenvalue weighted by Crippen LogP contribution is 2.18. The number of nitrogens with zero attached hydrogens (tertiary/aromatic N) is 1. The molecule has 1 aliphatic rings. The molecule has 0 bridgehead atoms. The Balaban J connectivity index is 0.00000264. The lowest BCUT2D eigenvalue weighted by molar-refractivity contribution is -0.119. The van der Waals surface area contributed by atoms with Crippen LogP contribution in [0.2, 0.25) is 0 Å². The third kappa shape index (κ3) is 9.04. The second-order valence-corrected chi connectivity index (χ2v) is 6.29. The highest BCUT2D eigenvalue weighted by molar-refractivity contribution is 14.0. The third-order valence-corrected chi connectivity index (χ3v) is 4.09. The van der Waals surface area contributed by atoms with Crippen LogP contribution in [0, 0.1) is 0 Å². The fraction of sp³-hybridized carbons (Fsp3) is 0.500. The zero-order chi connectivity index (χ0) is 15.6. The van der Waals surface area contributed by atoms with E-state index in [2.05, 4.69) is 33.1 Å². The van der Waals surface area contributed by atoms with Crippen LogP contribution in [0.4, 0.5) is 0 Å². The molecule has 0 saturated heterocycles. The van der Waals surface area contributed by atoms with Gasteiger partial charge < -0.3 is 16.0 Å². The molecular formula is C16H25IN4OS. The number of guanidine groups is 1. The van der Waals surface area contributed by atoms with Gasteiger partial charge in [0.15, 0.2) is 5.96 Å². The average Bonchev–Trinajstić information content (AvgIpc) is 3.34. The summed E-state index contributed by atoms with van der Waals surface area (Å²) < 4.78 is 0. The highest BCUT2D eigenvalue weighted by Gasteiger charge is 2.22. The van der Waals surface area contributed by atoms with Crippen molar-refractivity contribution in [3.8, 4) is 0 Å². The standard InChI is InChI=1S/C16H24N4OS.HI/c1-2-17-16(19-12-15(21)20-13-8-9-13)18-10-11-22-14-6-4-3-5-7-14;/h3-7,13H,2,8-12H2,1H3,(H,20,21)(H2,17,18,19);1H. The molecule has 1 saturated carbocycles. The van der Waals surface area contributed by atoms with Crippen LogP contribution in [0.1, 0.15) is 19.8 Å². The summed E-state index contributed by atoms with van der Waals surface area (Å²) >= 11 is 1.80. The molecule has 1 fully saturated rings. The van der Waals surface area contributed by atoms with Gasteiger partial charge in [-0.05, 0) is 31.9 Å². The molecule has 0 heterocycles. The predicted molar refractivity (Wildman–Crippen MR) is 108 cm³/mol. The summed E-state index contributed by atoms with van der Waals surface area (Å²) in [6, 6.07) is 10.7. The van der Waals surface area contributed by atoms with E-state index in [9.17, 15) is 4.79 Å². The number of halogens is 1. The van der Waals surface area contributed by atoms with Crippen LogP contribution in [0.3, 0.4) is 0 Å². The van der Waals surface area contributed by atoms with Crippen molar-refractivity contribution >= 4 is 47.6 Å². The van der Waals surface area contributed by atoms with Crippen molar-refractivity contribution in [3.63, 3.8) is 0 Å². The minimum atomic E-state index is -0.00152. The van der Waals surface area contributed by atoms with Crippen LogP contribution in [0.25, 0.3) is 0 Å². The molecular weight excluding hydrogens is 423 g/mol. The Hall–Kier alpha value is -0.960. The van der Waals surface area contributed by atoms with E-state index in [1.807, 2.05) is 25.1 Å². The van der Waals surface area contributed by atoms with Crippen LogP contribution in [0.5, 0.6) is 0 Å². The van der Waals surface area contributed by atoms with Crippen molar-refractivity contribution in [3.05, 3.63) is 30.3 Å². The Labute approximate surface area is 159 Å². The van der Waals surface area contributed by atoms with E-state index in [4.69, 9.17) is 0 Å². The first-order valence-corrected chi connectivity index (χ1v) is 8.76. The molecule has 0 atom stereocenters. The molecule has 2 rings (SSSR count). The second-order valence-electron chi connectivity index (χ2n) is 5.13. The minimum absolute atomic E-state index is 0. The lowest BCUT2D eigenvalue weighted by atomic mass is 10.4. The number of amides is 1. The number of carbonyl (C=O) groups is 1. The van der Waals surface area contributed by atoms with Crippen LogP contribution in [0.15, 0.2) is 40.2 Å². The quantitative estimate of drug-likeness (QED) is 0.188. The topological polar surface area (TPSA) is 65.5 Å². The van der Waals surface area contributed by atoms with Gasteiger partial charge in [0, 0.05) is 29.8 Å². The largest absolute Gasteiger partial charge is 0.357 e. The first-order valence-electron chi connectivity index (χ1n) is 7.77. The molecule has 0 spiro atoms. The summed E-state index contributed by atoms with van der Waals surface area (Å²) in [5, 5.41) is 9.34. The van der Waals surface area contributed by atoms with Crippen LogP contribution in [-0.4, -0.2) is 43.3 Å². The number of aliphatic imine (C=N–C) groups is 1. The lowest BCUT2D eigenvalue weighted by Crippen LogP contribution is -2.39. The smallest absolute Gasteiger partial charge is 0.242 e. The highest BCUT2D eigenvalue weighted by atomic mass is 127. The molecule has 1 aromatic carbocycles. The number of rotatable bonds is 8. The van der Waals surface area contributed by atoms with E-state index in [1.165, 1.54) is 4.90 Å². The Morgan fingerprint density at radius 3 is 2.65 bits per heavy atom. The maximum atomic E-state index is 11.6. The average molecular weight is 448 g/mol.